The number of unbranched alkanes of at least 4 members (excludes halogenated alkanes) is 1. The largest absolute Gasteiger partial charge is 0.390 e. The Kier molecular flexibility index (Phi) is 35.6. The van der Waals surface area contributed by atoms with E-state index in [4.69, 9.17) is 9.47 Å². The molecule has 5 N–H and O–H groups in total. The van der Waals surface area contributed by atoms with Gasteiger partial charge in [-0.3, -0.25) is 57.6 Å². The maximum absolute atomic E-state index is 15.3. The molecule has 0 unspecified atom stereocenters. The third-order valence-corrected chi connectivity index (χ3v) is 18.6. The normalized spacial score (nSPS) is 27.6. The molecular formula is C69H124N12O14. The molecular weight excluding hydrogens is 1220 g/mol. The summed E-state index contributed by atoms with van der Waals surface area (Å²) in [6.07, 6.45) is 3.17. The van der Waals surface area contributed by atoms with Crippen LogP contribution < -0.4 is 21.3 Å². The first-order valence-electron chi connectivity index (χ1n) is 34.5. The topological polar surface area (TPSA) is 300 Å². The average molecular weight is 1350 g/mol. The van der Waals surface area contributed by atoms with Gasteiger partial charge in [-0.2, -0.15) is 0 Å². The highest BCUT2D eigenvalue weighted by molar-refractivity contribution is 6.00. The highest BCUT2D eigenvalue weighted by Crippen LogP contribution is 2.26. The van der Waals surface area contributed by atoms with E-state index in [-0.39, 0.29) is 50.0 Å². The SMILES string of the molecule is C/C=C/C[C@@H](C)[C@@H](O)[C@H]1C(=O)N[C@@H](CC)C(=O)N(C)[C@H](C)C(=O)N(C)[C@@H]([C@@H](C)OCCCCN2CCOCC2)C(=O)N[C@@H](C(C)C)C(=O)N(C)[C@@H](CC(C)C)C(=O)N[C@@H](C)C(=O)N[C@H](C)C(=O)N(C)[C@@H](CC(C)C)C(=O)N(C)[C@@H](CC(C)C)C(=O)N(C)[C@@H](C(C)C)C(=O)N1C. The Balaban J connectivity index is 3.01. The number of amides is 11. The Labute approximate surface area is 568 Å². The van der Waals surface area contributed by atoms with E-state index in [9.17, 15) is 33.9 Å². The van der Waals surface area contributed by atoms with Crippen LogP contribution in [0.1, 0.15) is 163 Å². The number of allylic oxidation sites excluding steroid dienone is 2. The van der Waals surface area contributed by atoms with E-state index in [1.807, 2.05) is 47.6 Å². The Morgan fingerprint density at radius 2 is 0.979 bits per heavy atom. The fourth-order valence-corrected chi connectivity index (χ4v) is 12.3. The molecule has 0 aliphatic carbocycles. The van der Waals surface area contributed by atoms with E-state index in [2.05, 4.69) is 26.2 Å². The summed E-state index contributed by atoms with van der Waals surface area (Å²) < 4.78 is 11.9. The molecule has 2 rings (SSSR count). The Morgan fingerprint density at radius 3 is 1.48 bits per heavy atom. The van der Waals surface area contributed by atoms with Gasteiger partial charge in [0.25, 0.3) is 0 Å². The third kappa shape index (κ3) is 24.1. The average Bonchev–Trinajstić information content (AvgIpc) is 0.815. The van der Waals surface area contributed by atoms with Gasteiger partial charge in [-0.1, -0.05) is 95.2 Å². The molecule has 0 radical (unpaired) electrons. The van der Waals surface area contributed by atoms with Crippen molar-refractivity contribution in [3.8, 4) is 0 Å². The number of carbonyl (C=O) groups is 11. The van der Waals surface area contributed by atoms with E-state index < -0.39 is 161 Å². The Bertz CT molecular complexity index is 2580. The Hall–Kier alpha value is -6.25. The second kappa shape index (κ2) is 39.8. The number of hydrogen-bond donors (Lipinski definition) is 5. The number of ether oxygens (including phenoxy) is 2. The van der Waals surface area contributed by atoms with Crippen molar-refractivity contribution in [2.45, 2.75) is 241 Å². The van der Waals surface area contributed by atoms with Gasteiger partial charge in [-0.05, 0) is 122 Å². The van der Waals surface area contributed by atoms with Crippen LogP contribution in [-0.4, -0.2) is 277 Å². The summed E-state index contributed by atoms with van der Waals surface area (Å²) in [6.45, 7) is 33.2. The number of nitrogens with one attached hydrogen (secondary N) is 4. The molecule has 544 valence electrons. The van der Waals surface area contributed by atoms with Crippen LogP contribution >= 0.6 is 0 Å². The van der Waals surface area contributed by atoms with Gasteiger partial charge in [-0.25, -0.2) is 0 Å². The number of likely N-dealkylation sites (N-methyl/N-ethyl adjacent to an activating group) is 7. The minimum atomic E-state index is -1.64. The number of rotatable bonds is 20. The maximum atomic E-state index is 15.3. The number of morpholine rings is 1. The number of aliphatic hydroxyl groups is 1. The zero-order valence-electron chi connectivity index (χ0n) is 62.1. The van der Waals surface area contributed by atoms with Crippen molar-refractivity contribution >= 4 is 65.0 Å². The van der Waals surface area contributed by atoms with Gasteiger partial charge in [-0.15, -0.1) is 0 Å². The molecule has 2 heterocycles. The Morgan fingerprint density at radius 1 is 0.505 bits per heavy atom. The highest BCUT2D eigenvalue weighted by Gasteiger charge is 2.46. The number of hydrogen-bond acceptors (Lipinski definition) is 15. The molecule has 0 bridgehead atoms. The first-order chi connectivity index (χ1) is 44.2. The van der Waals surface area contributed by atoms with Gasteiger partial charge < -0.3 is 70.1 Å². The van der Waals surface area contributed by atoms with E-state index in [1.54, 1.807) is 61.5 Å². The fraction of sp³-hybridized carbons (Fsp3) is 0.812. The van der Waals surface area contributed by atoms with Crippen molar-refractivity contribution in [2.24, 2.45) is 35.5 Å². The van der Waals surface area contributed by atoms with E-state index in [0.717, 1.165) is 35.9 Å². The van der Waals surface area contributed by atoms with Crippen LogP contribution in [0, 0.1) is 35.5 Å². The van der Waals surface area contributed by atoms with Crippen molar-refractivity contribution in [2.75, 3.05) is 88.8 Å². The summed E-state index contributed by atoms with van der Waals surface area (Å²) in [5, 5.41) is 23.3. The predicted molar refractivity (Wildman–Crippen MR) is 365 cm³/mol. The molecule has 2 fully saturated rings. The van der Waals surface area contributed by atoms with Crippen molar-refractivity contribution in [3.05, 3.63) is 12.2 Å². The van der Waals surface area contributed by atoms with Gasteiger partial charge in [0.1, 0.15) is 66.5 Å². The molecule has 11 amide bonds. The van der Waals surface area contributed by atoms with Crippen LogP contribution in [0.15, 0.2) is 12.2 Å². The van der Waals surface area contributed by atoms with Crippen LogP contribution in [0.25, 0.3) is 0 Å². The third-order valence-electron chi connectivity index (χ3n) is 18.6. The van der Waals surface area contributed by atoms with Crippen LogP contribution in [0.3, 0.4) is 0 Å². The van der Waals surface area contributed by atoms with Crippen LogP contribution in [0.4, 0.5) is 0 Å². The second-order valence-corrected chi connectivity index (χ2v) is 28.5. The smallest absolute Gasteiger partial charge is 0.246 e. The lowest BCUT2D eigenvalue weighted by molar-refractivity contribution is -0.157. The quantitative estimate of drug-likeness (QED) is 0.0864. The first-order valence-corrected chi connectivity index (χ1v) is 34.5. The minimum absolute atomic E-state index is 0.00909. The molecule has 14 atom stereocenters. The monoisotopic (exact) mass is 1340 g/mol. The molecule has 0 aromatic heterocycles. The summed E-state index contributed by atoms with van der Waals surface area (Å²) >= 11 is 0. The summed E-state index contributed by atoms with van der Waals surface area (Å²) in [5.74, 6) is -10.0. The molecule has 2 aliphatic heterocycles. The number of carbonyl (C=O) groups excluding carboxylic acids is 11. The van der Waals surface area contributed by atoms with Gasteiger partial charge in [0, 0.05) is 69.0 Å². The van der Waals surface area contributed by atoms with Crippen molar-refractivity contribution in [1.29, 1.82) is 0 Å². The maximum Gasteiger partial charge on any atom is 0.246 e. The molecule has 26 heteroatoms. The summed E-state index contributed by atoms with van der Waals surface area (Å²) in [6, 6.07) is -14.2. The van der Waals surface area contributed by atoms with E-state index >= 15 is 24.0 Å². The lowest BCUT2D eigenvalue weighted by atomic mass is 9.91. The molecule has 2 aliphatic rings. The lowest BCUT2D eigenvalue weighted by Crippen LogP contribution is -2.64. The number of aliphatic hydroxyl groups excluding tert-OH is 1. The van der Waals surface area contributed by atoms with Crippen LogP contribution in [0.5, 0.6) is 0 Å². The summed E-state index contributed by atoms with van der Waals surface area (Å²) in [5.41, 5.74) is 0. The van der Waals surface area contributed by atoms with Crippen LogP contribution in [-0.2, 0) is 62.2 Å². The molecule has 0 aromatic carbocycles. The minimum Gasteiger partial charge on any atom is -0.390 e. The molecule has 95 heavy (non-hydrogen) atoms. The molecule has 26 nitrogen and oxygen atoms in total. The van der Waals surface area contributed by atoms with Gasteiger partial charge in [0.05, 0.1) is 25.4 Å². The zero-order valence-corrected chi connectivity index (χ0v) is 62.1. The summed E-state index contributed by atoms with van der Waals surface area (Å²) in [7, 11) is 9.90. The lowest BCUT2D eigenvalue weighted by Gasteiger charge is -2.41. The predicted octanol–water partition coefficient (Wildman–Crippen LogP) is 3.13. The molecule has 0 aromatic rings. The zero-order chi connectivity index (χ0) is 72.8. The van der Waals surface area contributed by atoms with Crippen molar-refractivity contribution < 1.29 is 67.3 Å². The molecule has 0 saturated carbocycles. The van der Waals surface area contributed by atoms with Gasteiger partial charge >= 0.3 is 0 Å². The second-order valence-electron chi connectivity index (χ2n) is 28.5. The van der Waals surface area contributed by atoms with Gasteiger partial charge in [0.15, 0.2) is 0 Å². The first kappa shape index (κ1) is 84.8. The van der Waals surface area contributed by atoms with Gasteiger partial charge in [0.2, 0.25) is 65.0 Å². The molecule has 0 spiro atoms. The number of nitrogens with zero attached hydrogens (tertiary/aromatic N) is 8. The fourth-order valence-electron chi connectivity index (χ4n) is 12.3. The van der Waals surface area contributed by atoms with Crippen LogP contribution in [0.2, 0.25) is 0 Å². The van der Waals surface area contributed by atoms with E-state index in [0.29, 0.717) is 26.1 Å². The van der Waals surface area contributed by atoms with Crippen molar-refractivity contribution in [1.82, 2.24) is 60.5 Å². The molecule has 2 saturated heterocycles. The van der Waals surface area contributed by atoms with E-state index in [1.165, 1.54) is 94.6 Å². The standard InChI is InChI=1S/C69H124N12O14/c1-25-27-30-45(13)58(82)57-62(86)72-50(26-2)65(89)74(18)48(16)64(88)79(23)56(49(17)95-34-29-28-31-81-32-35-94-36-33-81)61(85)73-54(43(9)10)68(92)75(19)51(37-40(3)4)60(84)70-46(14)59(83)71-47(15)63(87)76(20)52(38-41(5)6)66(90)77(21)53(39-42(7)8)67(91)78(22)55(44(11)12)69(93)80(57)24/h25,27,40-58,82H,26,28-39H2,1-24H3,(H,70,84)(H,71,83)(H,72,86)(H,73,85)/b27-25+/t45-,46+,47-,48-,49-,50+,51+,52+,53+,54+,55+,56+,57+,58-/m1/s1. The highest BCUT2D eigenvalue weighted by atomic mass is 16.5. The summed E-state index contributed by atoms with van der Waals surface area (Å²) in [4.78, 5) is 174. The van der Waals surface area contributed by atoms with Crippen molar-refractivity contribution in [3.63, 3.8) is 0 Å².